The fourth-order valence-corrected chi connectivity index (χ4v) is 1.99. The van der Waals surface area contributed by atoms with E-state index in [1.807, 2.05) is 20.8 Å². The Labute approximate surface area is 84.6 Å². The number of rotatable bonds is 3. The maximum atomic E-state index is 10.4. The molecule has 1 rings (SSSR count). The molecule has 76 valence electrons. The van der Waals surface area contributed by atoms with Crippen LogP contribution in [0.3, 0.4) is 0 Å². The van der Waals surface area contributed by atoms with E-state index in [0.717, 1.165) is 17.4 Å². The van der Waals surface area contributed by atoms with Gasteiger partial charge in [-0.3, -0.25) is 0 Å². The molecule has 0 aliphatic carbocycles. The Morgan fingerprint density at radius 1 is 1.36 bits per heavy atom. The molecule has 0 bridgehead atoms. The minimum Gasteiger partial charge on any atom is -0.508 e. The van der Waals surface area contributed by atoms with E-state index in [4.69, 9.17) is 0 Å². The molecule has 0 aliphatic heterocycles. The molecule has 0 saturated heterocycles. The molecule has 1 aromatic carbocycles. The third-order valence-corrected chi connectivity index (χ3v) is 2.52. The summed E-state index contributed by atoms with van der Waals surface area (Å²) in [5.74, 6) is 0.523. The Hall–Kier alpha value is -1.31. The van der Waals surface area contributed by atoms with Crippen LogP contribution in [0.2, 0.25) is 0 Å². The Morgan fingerprint density at radius 2 is 1.86 bits per heavy atom. The molecule has 1 atom stereocenters. The first-order chi connectivity index (χ1) is 6.56. The van der Waals surface area contributed by atoms with Crippen LogP contribution in [0, 0.1) is 13.8 Å². The summed E-state index contributed by atoms with van der Waals surface area (Å²) in [6.45, 7) is 5.95. The van der Waals surface area contributed by atoms with Crippen molar-refractivity contribution in [3.05, 3.63) is 28.8 Å². The summed E-state index contributed by atoms with van der Waals surface area (Å²) in [5.41, 5.74) is 3.28. The van der Waals surface area contributed by atoms with E-state index in [1.54, 1.807) is 12.1 Å². The van der Waals surface area contributed by atoms with Crippen molar-refractivity contribution in [1.29, 1.82) is 0 Å². The summed E-state index contributed by atoms with van der Waals surface area (Å²) in [6.07, 6.45) is 1.48. The molecule has 0 heterocycles. The van der Waals surface area contributed by atoms with Crippen molar-refractivity contribution in [3.8, 4) is 5.75 Å². The van der Waals surface area contributed by atoms with Gasteiger partial charge in [0.1, 0.15) is 12.0 Å². The number of phenols is 1. The van der Waals surface area contributed by atoms with Gasteiger partial charge in [0, 0.05) is 6.42 Å². The van der Waals surface area contributed by atoms with Crippen molar-refractivity contribution in [2.24, 2.45) is 0 Å². The molecule has 0 aromatic heterocycles. The first-order valence-electron chi connectivity index (χ1n) is 4.80. The van der Waals surface area contributed by atoms with Crippen molar-refractivity contribution in [2.45, 2.75) is 33.1 Å². The molecule has 14 heavy (non-hydrogen) atoms. The number of carbonyl (C=O) groups excluding carboxylic acids is 1. The highest BCUT2D eigenvalue weighted by Gasteiger charge is 2.11. The number of hydrogen-bond donors (Lipinski definition) is 1. The van der Waals surface area contributed by atoms with Crippen molar-refractivity contribution in [1.82, 2.24) is 0 Å². The molecular weight excluding hydrogens is 176 g/mol. The zero-order chi connectivity index (χ0) is 10.7. The predicted octanol–water partition coefficient (Wildman–Crippen LogP) is 2.70. The number of phenolic OH excluding ortho intramolecular Hbond substituents is 1. The van der Waals surface area contributed by atoms with Gasteiger partial charge in [-0.05, 0) is 48.6 Å². The number of aryl methyl sites for hydroxylation is 2. The van der Waals surface area contributed by atoms with Gasteiger partial charge in [0.15, 0.2) is 0 Å². The summed E-state index contributed by atoms with van der Waals surface area (Å²) in [7, 11) is 0. The Balaban J connectivity index is 3.13. The second-order valence-electron chi connectivity index (χ2n) is 3.80. The summed E-state index contributed by atoms with van der Waals surface area (Å²) in [6, 6.07) is 3.48. The lowest BCUT2D eigenvalue weighted by Gasteiger charge is -2.15. The lowest BCUT2D eigenvalue weighted by molar-refractivity contribution is -0.108. The van der Waals surface area contributed by atoms with Gasteiger partial charge < -0.3 is 9.90 Å². The SMILES string of the molecule is Cc1cc(O)cc(C)c1C(C)CC=O. The van der Waals surface area contributed by atoms with Crippen LogP contribution >= 0.6 is 0 Å². The van der Waals surface area contributed by atoms with Crippen LogP contribution in [0.15, 0.2) is 12.1 Å². The van der Waals surface area contributed by atoms with E-state index in [0.29, 0.717) is 12.2 Å². The van der Waals surface area contributed by atoms with Crippen LogP contribution in [0.1, 0.15) is 36.0 Å². The van der Waals surface area contributed by atoms with E-state index < -0.39 is 0 Å². The van der Waals surface area contributed by atoms with Crippen molar-refractivity contribution in [3.63, 3.8) is 0 Å². The van der Waals surface area contributed by atoms with Gasteiger partial charge in [0.2, 0.25) is 0 Å². The van der Waals surface area contributed by atoms with E-state index in [1.165, 1.54) is 5.56 Å². The minimum atomic E-state index is 0.230. The van der Waals surface area contributed by atoms with Crippen molar-refractivity contribution >= 4 is 6.29 Å². The maximum absolute atomic E-state index is 10.4. The summed E-state index contributed by atoms with van der Waals surface area (Å²) < 4.78 is 0. The van der Waals surface area contributed by atoms with Gasteiger partial charge in [0.25, 0.3) is 0 Å². The minimum absolute atomic E-state index is 0.230. The smallest absolute Gasteiger partial charge is 0.120 e. The molecule has 0 aliphatic rings. The van der Waals surface area contributed by atoms with Crippen LogP contribution < -0.4 is 0 Å². The quantitative estimate of drug-likeness (QED) is 0.747. The number of aldehydes is 1. The van der Waals surface area contributed by atoms with Gasteiger partial charge in [0.05, 0.1) is 0 Å². The Kier molecular flexibility index (Phi) is 3.28. The fraction of sp³-hybridized carbons (Fsp3) is 0.417. The molecule has 0 amide bonds. The molecule has 0 radical (unpaired) electrons. The highest BCUT2D eigenvalue weighted by molar-refractivity contribution is 5.53. The maximum Gasteiger partial charge on any atom is 0.120 e. The first kappa shape index (κ1) is 10.8. The fourth-order valence-electron chi connectivity index (χ4n) is 1.99. The van der Waals surface area contributed by atoms with Gasteiger partial charge >= 0.3 is 0 Å². The normalized spacial score (nSPS) is 12.5. The summed E-state index contributed by atoms with van der Waals surface area (Å²) >= 11 is 0. The average Bonchev–Trinajstić information content (AvgIpc) is 2.01. The van der Waals surface area contributed by atoms with Crippen LogP contribution in [0.5, 0.6) is 5.75 Å². The van der Waals surface area contributed by atoms with Gasteiger partial charge in [-0.25, -0.2) is 0 Å². The first-order valence-corrected chi connectivity index (χ1v) is 4.80. The van der Waals surface area contributed by atoms with E-state index >= 15 is 0 Å². The molecule has 0 saturated carbocycles. The monoisotopic (exact) mass is 192 g/mol. The van der Waals surface area contributed by atoms with E-state index in [2.05, 4.69) is 0 Å². The Morgan fingerprint density at radius 3 is 2.29 bits per heavy atom. The largest absolute Gasteiger partial charge is 0.508 e. The zero-order valence-electron chi connectivity index (χ0n) is 8.87. The second kappa shape index (κ2) is 4.27. The molecule has 1 aromatic rings. The molecule has 1 unspecified atom stereocenters. The highest BCUT2D eigenvalue weighted by atomic mass is 16.3. The Bertz CT molecular complexity index is 319. The summed E-state index contributed by atoms with van der Waals surface area (Å²) in [5, 5.41) is 9.36. The lowest BCUT2D eigenvalue weighted by Crippen LogP contribution is -2.00. The topological polar surface area (TPSA) is 37.3 Å². The predicted molar refractivity (Wildman–Crippen MR) is 56.7 cm³/mol. The number of benzene rings is 1. The molecule has 2 nitrogen and oxygen atoms in total. The van der Waals surface area contributed by atoms with Crippen LogP contribution in [-0.2, 0) is 4.79 Å². The number of aromatic hydroxyl groups is 1. The molecule has 1 N–H and O–H groups in total. The van der Waals surface area contributed by atoms with Crippen LogP contribution in [-0.4, -0.2) is 11.4 Å². The third kappa shape index (κ3) is 2.13. The van der Waals surface area contributed by atoms with Crippen LogP contribution in [0.4, 0.5) is 0 Å². The standard InChI is InChI=1S/C12H16O2/c1-8(4-5-13)12-9(2)6-11(14)7-10(12)3/h5-8,14H,4H2,1-3H3. The number of hydrogen-bond acceptors (Lipinski definition) is 2. The molecule has 0 spiro atoms. The second-order valence-corrected chi connectivity index (χ2v) is 3.80. The zero-order valence-corrected chi connectivity index (χ0v) is 8.87. The number of carbonyl (C=O) groups is 1. The molecular formula is C12H16O2. The van der Waals surface area contributed by atoms with Gasteiger partial charge in [-0.2, -0.15) is 0 Å². The highest BCUT2D eigenvalue weighted by Crippen LogP contribution is 2.28. The summed E-state index contributed by atoms with van der Waals surface area (Å²) in [4.78, 5) is 10.4. The van der Waals surface area contributed by atoms with E-state index in [9.17, 15) is 9.90 Å². The van der Waals surface area contributed by atoms with Crippen molar-refractivity contribution < 1.29 is 9.90 Å². The van der Waals surface area contributed by atoms with Crippen LogP contribution in [0.25, 0.3) is 0 Å². The van der Waals surface area contributed by atoms with Gasteiger partial charge in [-0.15, -0.1) is 0 Å². The van der Waals surface area contributed by atoms with E-state index in [-0.39, 0.29) is 5.92 Å². The molecule has 0 fully saturated rings. The van der Waals surface area contributed by atoms with Crippen molar-refractivity contribution in [2.75, 3.05) is 0 Å². The average molecular weight is 192 g/mol. The van der Waals surface area contributed by atoms with Gasteiger partial charge in [-0.1, -0.05) is 6.92 Å². The molecule has 2 heteroatoms. The third-order valence-electron chi connectivity index (χ3n) is 2.52. The lowest BCUT2D eigenvalue weighted by atomic mass is 9.90.